The van der Waals surface area contributed by atoms with Gasteiger partial charge in [-0.2, -0.15) is 4.58 Å². The maximum Gasteiger partial charge on any atom is 0.425 e. The van der Waals surface area contributed by atoms with Gasteiger partial charge in [0.2, 0.25) is 17.5 Å². The fourth-order valence-electron chi connectivity index (χ4n) is 10.8. The molecule has 0 saturated heterocycles. The number of aliphatic carboxylic acids is 3. The van der Waals surface area contributed by atoms with Crippen molar-refractivity contribution in [2.75, 3.05) is 57.5 Å². The number of anilines is 1. The van der Waals surface area contributed by atoms with Crippen molar-refractivity contribution in [3.05, 3.63) is 137 Å². The monoisotopic (exact) mass is 1330 g/mol. The summed E-state index contributed by atoms with van der Waals surface area (Å²) in [7, 11) is -6.22. The highest BCUT2D eigenvalue weighted by molar-refractivity contribution is 7.59. The molecule has 1 aliphatic carbocycles. The summed E-state index contributed by atoms with van der Waals surface area (Å²) in [4.78, 5) is 70.6. The highest BCUT2D eigenvalue weighted by Gasteiger charge is 2.44. The van der Waals surface area contributed by atoms with Gasteiger partial charge in [0.05, 0.1) is 25.2 Å². The molecule has 3 aliphatic rings. The first-order valence-electron chi connectivity index (χ1n) is 31.4. The summed E-state index contributed by atoms with van der Waals surface area (Å²) in [6.07, 6.45) is 19.9. The molecule has 26 heteroatoms. The first kappa shape index (κ1) is 78.9. The Morgan fingerprint density at radius 2 is 1.23 bits per heavy atom. The highest BCUT2D eigenvalue weighted by atomic mass is 32.2. The predicted octanol–water partition coefficient (Wildman–Crippen LogP) is 9.02. The molecular formula is C67H93N6O18S2+. The van der Waals surface area contributed by atoms with Gasteiger partial charge in [-0.3, -0.25) is 14.4 Å². The number of para-hydroxylation sites is 3. The summed E-state index contributed by atoms with van der Waals surface area (Å²) < 4.78 is 70.5. The van der Waals surface area contributed by atoms with E-state index in [1.165, 1.54) is 77.2 Å². The van der Waals surface area contributed by atoms with Crippen LogP contribution in [0.4, 0.5) is 16.2 Å². The van der Waals surface area contributed by atoms with Gasteiger partial charge >= 0.3 is 45.2 Å². The van der Waals surface area contributed by atoms with Crippen LogP contribution in [0.2, 0.25) is 0 Å². The first-order valence-corrected chi connectivity index (χ1v) is 33.4. The standard InChI is InChI=1S/C45H55N2O.C22H38N4O11.2O3S/c1-7-9-18-33-47-40-27-17-15-25-38(40)45(5,6)42(47)31-29-35-21-19-20-34(43(35)48-36-22-12-11-13-23-36)28-30-41-44(3,4)37-24-14-16-26-39(37)46(41)32-10-8-2;1-2-5-17(27)24-10-11-36-12-13-37-14-18(28)23-9-4-3-6-15(20(31)32)25-22(35)26-16(21(33)34)7-8-19(29)30;2*1-4(2)3/h11-17,22-31H,7-10,18-21,32-33H2,1-6H3;15-16H,2-14H2,1H3,(H,23,28)(H,24,27)(H,29,30)(H,31,32)(H,33,34)(H2,25,26,35);;/q+1;;;/t;15-,16-;;/m.0../s1. The lowest BCUT2D eigenvalue weighted by atomic mass is 9.81. The van der Waals surface area contributed by atoms with E-state index in [1.807, 2.05) is 12.2 Å². The smallest absolute Gasteiger partial charge is 0.425 e. The molecule has 93 heavy (non-hydrogen) atoms. The molecule has 3 aromatic carbocycles. The third-order valence-electron chi connectivity index (χ3n) is 15.4. The number of benzene rings is 3. The zero-order valence-electron chi connectivity index (χ0n) is 54.4. The quantitative estimate of drug-likeness (QED) is 0.0216. The topological polar surface area (TPSA) is 348 Å². The highest BCUT2D eigenvalue weighted by Crippen LogP contribution is 2.48. The third kappa shape index (κ3) is 27.8. The summed E-state index contributed by atoms with van der Waals surface area (Å²) in [5, 5.41) is 36.5. The number of nitrogens with one attached hydrogen (secondary N) is 4. The Kier molecular flexibility index (Phi) is 35.6. The van der Waals surface area contributed by atoms with E-state index in [-0.39, 0.29) is 61.9 Å². The van der Waals surface area contributed by atoms with E-state index in [4.69, 9.17) is 49.7 Å². The zero-order valence-corrected chi connectivity index (χ0v) is 56.0. The van der Waals surface area contributed by atoms with Gasteiger partial charge in [0.1, 0.15) is 36.7 Å². The Balaban J connectivity index is 0.000000448. The largest absolute Gasteiger partial charge is 0.481 e. The molecule has 24 nitrogen and oxygen atoms in total. The molecular weight excluding hydrogens is 1240 g/mol. The molecule has 0 saturated carbocycles. The fraction of sp³-hybridized carbons (Fsp3) is 0.507. The van der Waals surface area contributed by atoms with Gasteiger partial charge in [-0.05, 0) is 125 Å². The van der Waals surface area contributed by atoms with E-state index in [2.05, 4.69) is 170 Å². The fourth-order valence-corrected chi connectivity index (χ4v) is 10.8. The van der Waals surface area contributed by atoms with Crippen LogP contribution in [0.5, 0.6) is 5.75 Å². The third-order valence-corrected chi connectivity index (χ3v) is 15.4. The Hall–Kier alpha value is -8.33. The Bertz CT molecular complexity index is 3320. The van der Waals surface area contributed by atoms with E-state index in [1.54, 1.807) is 0 Å². The summed E-state index contributed by atoms with van der Waals surface area (Å²) in [6, 6.07) is 24.4. The zero-order chi connectivity index (χ0) is 68.9. The minimum Gasteiger partial charge on any atom is -0.481 e. The van der Waals surface area contributed by atoms with Crippen LogP contribution in [0.25, 0.3) is 0 Å². The number of carboxylic acid groups (broad SMARTS) is 3. The van der Waals surface area contributed by atoms with Gasteiger partial charge in [-0.1, -0.05) is 108 Å². The molecule has 0 spiro atoms. The molecule has 0 bridgehead atoms. The maximum atomic E-state index is 12.0. The van der Waals surface area contributed by atoms with Crippen molar-refractivity contribution in [2.45, 2.75) is 168 Å². The minimum atomic E-state index is -3.11. The average molecular weight is 1330 g/mol. The number of carbonyl (C=O) groups excluding carboxylic acids is 3. The van der Waals surface area contributed by atoms with Gasteiger partial charge in [-0.15, -0.1) is 25.3 Å². The minimum absolute atomic E-state index is 0.0260. The van der Waals surface area contributed by atoms with E-state index in [9.17, 15) is 33.9 Å². The van der Waals surface area contributed by atoms with Gasteiger partial charge in [0, 0.05) is 73.4 Å². The van der Waals surface area contributed by atoms with E-state index < -0.39 is 63.7 Å². The number of hydrogen-bond donors (Lipinski definition) is 7. The van der Waals surface area contributed by atoms with E-state index >= 15 is 0 Å². The molecule has 7 N–H and O–H groups in total. The van der Waals surface area contributed by atoms with Gasteiger partial charge in [-0.25, -0.2) is 14.4 Å². The molecule has 2 aliphatic heterocycles. The van der Waals surface area contributed by atoms with Gasteiger partial charge < -0.3 is 55.7 Å². The Morgan fingerprint density at radius 3 is 1.86 bits per heavy atom. The number of ether oxygens (including phenoxy) is 3. The number of unbranched alkanes of at least 4 members (excludes halogenated alkanes) is 4. The van der Waals surface area contributed by atoms with Crippen molar-refractivity contribution in [1.29, 1.82) is 0 Å². The lowest BCUT2D eigenvalue weighted by Crippen LogP contribution is -2.51. The van der Waals surface area contributed by atoms with Gasteiger partial charge in [0.25, 0.3) is 0 Å². The number of hydrogen-bond acceptors (Lipinski definition) is 16. The second-order valence-electron chi connectivity index (χ2n) is 23.1. The summed E-state index contributed by atoms with van der Waals surface area (Å²) >= 11 is 0. The van der Waals surface area contributed by atoms with E-state index in [0.29, 0.717) is 32.4 Å². The van der Waals surface area contributed by atoms with Crippen molar-refractivity contribution < 1.29 is 88.1 Å². The molecule has 510 valence electrons. The average Bonchev–Trinajstić information content (AvgIpc) is 1.61. The number of urea groups is 1. The summed E-state index contributed by atoms with van der Waals surface area (Å²) in [5.74, 6) is -2.48. The van der Waals surface area contributed by atoms with E-state index in [0.717, 1.165) is 50.3 Å². The number of carboxylic acids is 3. The second-order valence-corrected chi connectivity index (χ2v) is 23.9. The lowest BCUT2D eigenvalue weighted by molar-refractivity contribution is -0.438. The summed E-state index contributed by atoms with van der Waals surface area (Å²) in [6.45, 7) is 19.3. The van der Waals surface area contributed by atoms with Crippen LogP contribution in [-0.2, 0) is 65.5 Å². The predicted molar refractivity (Wildman–Crippen MR) is 351 cm³/mol. The van der Waals surface area contributed by atoms with Crippen LogP contribution >= 0.6 is 0 Å². The molecule has 2 heterocycles. The molecule has 0 aromatic heterocycles. The maximum absolute atomic E-state index is 12.0. The van der Waals surface area contributed by atoms with Crippen molar-refractivity contribution in [3.8, 4) is 5.75 Å². The second kappa shape index (κ2) is 42.0. The molecule has 6 rings (SSSR count). The SMILES string of the molecule is CCCC(=O)NCCOCCOCC(=O)NCCCC[C@H](NC(=O)N[C@@H](CCC(=O)O)C(=O)O)C(=O)O.CCCCC[N+]1=C(C=CC2=C(Oc3ccccc3)C(=CC=C3N(CCCC)c4ccccc4C3(C)C)CCC2)C(C)(C)c2ccccc21.O=S(=O)=O.O=S(=O)=O. The lowest BCUT2D eigenvalue weighted by Gasteiger charge is -2.27. The van der Waals surface area contributed by atoms with Crippen molar-refractivity contribution in [3.63, 3.8) is 0 Å². The number of nitrogens with zero attached hydrogens (tertiary/aromatic N) is 2. The Morgan fingerprint density at radius 1 is 0.624 bits per heavy atom. The van der Waals surface area contributed by atoms with Gasteiger partial charge in [0.15, 0.2) is 5.71 Å². The molecule has 0 unspecified atom stereocenters. The normalized spacial score (nSPS) is 15.6. The van der Waals surface area contributed by atoms with Crippen molar-refractivity contribution in [1.82, 2.24) is 21.3 Å². The van der Waals surface area contributed by atoms with Crippen LogP contribution in [0.15, 0.2) is 126 Å². The molecule has 0 radical (unpaired) electrons. The molecule has 2 atom stereocenters. The number of fused-ring (bicyclic) bond motifs is 2. The molecule has 0 fully saturated rings. The van der Waals surface area contributed by atoms with Crippen LogP contribution < -0.4 is 30.9 Å². The number of amides is 4. The van der Waals surface area contributed by atoms with Crippen molar-refractivity contribution >= 4 is 74.1 Å². The summed E-state index contributed by atoms with van der Waals surface area (Å²) in [5.41, 5.74) is 10.7. The Labute approximate surface area is 548 Å². The van der Waals surface area contributed by atoms with Crippen molar-refractivity contribution in [2.24, 2.45) is 0 Å². The first-order chi connectivity index (χ1) is 44.3. The van der Waals surface area contributed by atoms with Crippen LogP contribution in [0, 0.1) is 0 Å². The van der Waals surface area contributed by atoms with Crippen LogP contribution in [-0.4, -0.2) is 151 Å². The molecule has 3 aromatic rings. The number of rotatable bonds is 34. The number of allylic oxidation sites excluding steroid dienone is 7. The van der Waals surface area contributed by atoms with Crippen LogP contribution in [0.3, 0.4) is 0 Å². The molecule has 4 amide bonds. The number of carbonyl (C=O) groups is 6. The van der Waals surface area contributed by atoms with Crippen LogP contribution in [0.1, 0.15) is 156 Å².